The lowest BCUT2D eigenvalue weighted by Gasteiger charge is -2.18. The molecule has 0 bridgehead atoms. The largest absolute Gasteiger partial charge is 0.491 e. The van der Waals surface area contributed by atoms with E-state index in [1.807, 2.05) is 38.1 Å². The second kappa shape index (κ2) is 8.53. The first-order valence-electron chi connectivity index (χ1n) is 6.61. The lowest BCUT2D eigenvalue weighted by molar-refractivity contribution is -0.145. The molecule has 1 unspecified atom stereocenters. The Morgan fingerprint density at radius 2 is 1.95 bits per heavy atom. The maximum Gasteiger partial charge on any atom is 0.313 e. The fraction of sp³-hybridized carbons (Fsp3) is 0.533. The molecule has 0 amide bonds. The van der Waals surface area contributed by atoms with Gasteiger partial charge < -0.3 is 14.2 Å². The van der Waals surface area contributed by atoms with E-state index in [2.05, 4.69) is 0 Å². The molecule has 4 nitrogen and oxygen atoms in total. The number of hydrogen-bond donors (Lipinski definition) is 0. The normalized spacial score (nSPS) is 11.9. The Hall–Kier alpha value is -1.55. The van der Waals surface area contributed by atoms with E-state index in [-0.39, 0.29) is 11.9 Å². The van der Waals surface area contributed by atoms with Gasteiger partial charge in [-0.25, -0.2) is 0 Å². The van der Waals surface area contributed by atoms with Gasteiger partial charge >= 0.3 is 5.97 Å². The summed E-state index contributed by atoms with van der Waals surface area (Å²) < 4.78 is 15.7. The van der Waals surface area contributed by atoms with Crippen LogP contribution in [0.4, 0.5) is 0 Å². The number of rotatable bonds is 8. The Morgan fingerprint density at radius 1 is 1.21 bits per heavy atom. The molecular formula is C15H22O4. The van der Waals surface area contributed by atoms with Crippen molar-refractivity contribution in [2.45, 2.75) is 26.2 Å². The number of para-hydroxylation sites is 1. The number of ether oxygens (including phenoxy) is 3. The van der Waals surface area contributed by atoms with Gasteiger partial charge in [-0.05, 0) is 19.4 Å². The van der Waals surface area contributed by atoms with Gasteiger partial charge in [-0.1, -0.05) is 25.1 Å². The number of carbonyl (C=O) groups excluding carboxylic acids is 1. The van der Waals surface area contributed by atoms with E-state index in [0.29, 0.717) is 26.2 Å². The molecule has 0 aliphatic rings. The van der Waals surface area contributed by atoms with Gasteiger partial charge in [-0.3, -0.25) is 4.79 Å². The van der Waals surface area contributed by atoms with E-state index in [4.69, 9.17) is 14.2 Å². The van der Waals surface area contributed by atoms with Crippen molar-refractivity contribution in [2.24, 2.45) is 0 Å². The average molecular weight is 266 g/mol. The van der Waals surface area contributed by atoms with Crippen LogP contribution >= 0.6 is 0 Å². The lowest BCUT2D eigenvalue weighted by Crippen LogP contribution is -2.17. The molecule has 0 saturated heterocycles. The summed E-state index contributed by atoms with van der Waals surface area (Å²) in [6.45, 7) is 5.15. The fourth-order valence-electron chi connectivity index (χ4n) is 1.89. The molecule has 0 N–H and O–H groups in total. The minimum atomic E-state index is -0.279. The van der Waals surface area contributed by atoms with Crippen LogP contribution in [0.15, 0.2) is 24.3 Å². The Bertz CT molecular complexity index is 389. The van der Waals surface area contributed by atoms with Crippen LogP contribution in [0, 0.1) is 0 Å². The lowest BCUT2D eigenvalue weighted by atomic mass is 9.95. The molecule has 1 atom stereocenters. The van der Waals surface area contributed by atoms with Crippen LogP contribution in [0.1, 0.15) is 31.7 Å². The molecular weight excluding hydrogens is 244 g/mol. The Morgan fingerprint density at radius 3 is 2.58 bits per heavy atom. The predicted molar refractivity (Wildman–Crippen MR) is 73.5 cm³/mol. The number of hydrogen-bond acceptors (Lipinski definition) is 4. The highest BCUT2D eigenvalue weighted by Gasteiger charge is 2.23. The summed E-state index contributed by atoms with van der Waals surface area (Å²) in [5.41, 5.74) is 0.875. The molecule has 0 saturated carbocycles. The summed E-state index contributed by atoms with van der Waals surface area (Å²) >= 11 is 0. The van der Waals surface area contributed by atoms with Gasteiger partial charge in [0.05, 0.1) is 19.1 Å². The third-order valence-corrected chi connectivity index (χ3v) is 2.82. The Kier molecular flexibility index (Phi) is 6.97. The molecule has 0 heterocycles. The second-order valence-corrected chi connectivity index (χ2v) is 4.09. The summed E-state index contributed by atoms with van der Waals surface area (Å²) in [7, 11) is 1.63. The standard InChI is InChI=1S/C15H22O4/c1-4-12(15(16)18-5-2)13-8-6-7-9-14(13)19-11-10-17-3/h6-9,12H,4-5,10-11H2,1-3H3. The summed E-state index contributed by atoms with van der Waals surface area (Å²) in [6.07, 6.45) is 0.684. The van der Waals surface area contributed by atoms with Crippen molar-refractivity contribution >= 4 is 5.97 Å². The first-order chi connectivity index (χ1) is 9.24. The molecule has 1 aromatic carbocycles. The molecule has 1 rings (SSSR count). The highest BCUT2D eigenvalue weighted by molar-refractivity contribution is 5.79. The van der Waals surface area contributed by atoms with Gasteiger partial charge in [-0.15, -0.1) is 0 Å². The van der Waals surface area contributed by atoms with Crippen LogP contribution < -0.4 is 4.74 Å². The predicted octanol–water partition coefficient (Wildman–Crippen LogP) is 2.77. The highest BCUT2D eigenvalue weighted by atomic mass is 16.5. The van der Waals surface area contributed by atoms with Crippen LogP contribution in [0.5, 0.6) is 5.75 Å². The quantitative estimate of drug-likeness (QED) is 0.536. The first kappa shape index (κ1) is 15.5. The van der Waals surface area contributed by atoms with Gasteiger partial charge in [0.25, 0.3) is 0 Å². The summed E-state index contributed by atoms with van der Waals surface area (Å²) in [6, 6.07) is 7.57. The maximum atomic E-state index is 12.0. The van der Waals surface area contributed by atoms with Crippen molar-refractivity contribution < 1.29 is 19.0 Å². The number of esters is 1. The molecule has 0 spiro atoms. The van der Waals surface area contributed by atoms with Gasteiger partial charge in [0.2, 0.25) is 0 Å². The molecule has 1 aromatic rings. The molecule has 4 heteroatoms. The third kappa shape index (κ3) is 4.56. The smallest absolute Gasteiger partial charge is 0.313 e. The van der Waals surface area contributed by atoms with Gasteiger partial charge in [0.15, 0.2) is 0 Å². The van der Waals surface area contributed by atoms with E-state index >= 15 is 0 Å². The number of carbonyl (C=O) groups is 1. The zero-order valence-electron chi connectivity index (χ0n) is 11.8. The van der Waals surface area contributed by atoms with Crippen LogP contribution in [0.3, 0.4) is 0 Å². The summed E-state index contributed by atoms with van der Waals surface area (Å²) in [5, 5.41) is 0. The maximum absolute atomic E-state index is 12.0. The van der Waals surface area contributed by atoms with Crippen molar-refractivity contribution in [2.75, 3.05) is 26.9 Å². The number of methoxy groups -OCH3 is 1. The van der Waals surface area contributed by atoms with E-state index in [1.54, 1.807) is 7.11 Å². The first-order valence-corrected chi connectivity index (χ1v) is 6.61. The minimum Gasteiger partial charge on any atom is -0.491 e. The van der Waals surface area contributed by atoms with Crippen molar-refractivity contribution in [1.29, 1.82) is 0 Å². The van der Waals surface area contributed by atoms with Crippen molar-refractivity contribution in [3.05, 3.63) is 29.8 Å². The molecule has 0 aliphatic carbocycles. The molecule has 0 radical (unpaired) electrons. The van der Waals surface area contributed by atoms with Crippen LogP contribution in [0.25, 0.3) is 0 Å². The Labute approximate surface area is 114 Å². The molecule has 0 fully saturated rings. The zero-order valence-corrected chi connectivity index (χ0v) is 11.8. The second-order valence-electron chi connectivity index (χ2n) is 4.09. The van der Waals surface area contributed by atoms with E-state index in [0.717, 1.165) is 11.3 Å². The van der Waals surface area contributed by atoms with Crippen LogP contribution in [0.2, 0.25) is 0 Å². The molecule has 0 aliphatic heterocycles. The number of benzene rings is 1. The SMILES string of the molecule is CCOC(=O)C(CC)c1ccccc1OCCOC. The summed E-state index contributed by atoms with van der Waals surface area (Å²) in [4.78, 5) is 12.0. The van der Waals surface area contributed by atoms with E-state index in [9.17, 15) is 4.79 Å². The van der Waals surface area contributed by atoms with E-state index in [1.165, 1.54) is 0 Å². The van der Waals surface area contributed by atoms with Gasteiger partial charge in [-0.2, -0.15) is 0 Å². The van der Waals surface area contributed by atoms with Crippen molar-refractivity contribution in [3.63, 3.8) is 0 Å². The third-order valence-electron chi connectivity index (χ3n) is 2.82. The van der Waals surface area contributed by atoms with Gasteiger partial charge in [0, 0.05) is 12.7 Å². The molecule has 19 heavy (non-hydrogen) atoms. The van der Waals surface area contributed by atoms with Crippen LogP contribution in [-0.2, 0) is 14.3 Å². The minimum absolute atomic E-state index is 0.201. The highest BCUT2D eigenvalue weighted by Crippen LogP contribution is 2.30. The Balaban J connectivity index is 2.86. The fourth-order valence-corrected chi connectivity index (χ4v) is 1.89. The average Bonchev–Trinajstić information content (AvgIpc) is 2.42. The monoisotopic (exact) mass is 266 g/mol. The van der Waals surface area contributed by atoms with Crippen molar-refractivity contribution in [1.82, 2.24) is 0 Å². The van der Waals surface area contributed by atoms with Gasteiger partial charge in [0.1, 0.15) is 12.4 Å². The molecule has 106 valence electrons. The van der Waals surface area contributed by atoms with Crippen LogP contribution in [-0.4, -0.2) is 32.9 Å². The topological polar surface area (TPSA) is 44.8 Å². The molecule has 0 aromatic heterocycles. The van der Waals surface area contributed by atoms with Crippen molar-refractivity contribution in [3.8, 4) is 5.75 Å². The summed E-state index contributed by atoms with van der Waals surface area (Å²) in [5.74, 6) is 0.242. The van der Waals surface area contributed by atoms with E-state index < -0.39 is 0 Å². The zero-order chi connectivity index (χ0) is 14.1.